The van der Waals surface area contributed by atoms with Crippen molar-refractivity contribution in [3.8, 4) is 23.0 Å². The van der Waals surface area contributed by atoms with Gasteiger partial charge in [-0.1, -0.05) is 12.1 Å². The molecule has 33 heavy (non-hydrogen) atoms. The fourth-order valence-corrected chi connectivity index (χ4v) is 2.91. The van der Waals surface area contributed by atoms with Gasteiger partial charge in [-0.05, 0) is 36.4 Å². The maximum atomic E-state index is 12.6. The first-order chi connectivity index (χ1) is 15.9. The predicted octanol–water partition coefficient (Wildman–Crippen LogP) is 3.01. The topological polar surface area (TPSA) is 150 Å². The third-order valence-electron chi connectivity index (χ3n) is 4.53. The molecule has 0 saturated heterocycles. The minimum Gasteiger partial charge on any atom is -0.507 e. The number of hydrogen-bond acceptors (Lipinski definition) is 9. The van der Waals surface area contributed by atoms with Gasteiger partial charge in [0.2, 0.25) is 6.79 Å². The van der Waals surface area contributed by atoms with Crippen LogP contribution in [0.1, 0.15) is 26.3 Å². The summed E-state index contributed by atoms with van der Waals surface area (Å²) in [6.45, 7) is 0.0449. The second-order valence-corrected chi connectivity index (χ2v) is 6.65. The smallest absolute Gasteiger partial charge is 0.343 e. The van der Waals surface area contributed by atoms with E-state index in [0.29, 0.717) is 11.5 Å². The van der Waals surface area contributed by atoms with Crippen LogP contribution in [0.4, 0.5) is 5.69 Å². The molecule has 1 amide bonds. The summed E-state index contributed by atoms with van der Waals surface area (Å²) in [6.07, 6.45) is 1.09. The lowest BCUT2D eigenvalue weighted by Crippen LogP contribution is -2.18. The number of phenolic OH excluding ortho intramolecular Hbond substituents is 1. The average molecular weight is 449 g/mol. The number of aromatic hydroxyl groups is 1. The Labute approximate surface area is 186 Å². The number of hydrogen-bond donors (Lipinski definition) is 2. The maximum absolute atomic E-state index is 12.6. The Morgan fingerprint density at radius 3 is 2.67 bits per heavy atom. The lowest BCUT2D eigenvalue weighted by atomic mass is 10.1. The molecule has 0 unspecified atom stereocenters. The van der Waals surface area contributed by atoms with E-state index in [1.165, 1.54) is 36.4 Å². The molecule has 1 aliphatic heterocycles. The molecule has 3 aromatic carbocycles. The van der Waals surface area contributed by atoms with Crippen molar-refractivity contribution < 1.29 is 33.8 Å². The highest BCUT2D eigenvalue weighted by Crippen LogP contribution is 2.33. The van der Waals surface area contributed by atoms with E-state index in [1.54, 1.807) is 18.2 Å². The molecule has 0 aliphatic carbocycles. The van der Waals surface area contributed by atoms with Crippen LogP contribution in [0, 0.1) is 10.1 Å². The van der Waals surface area contributed by atoms with Crippen molar-refractivity contribution in [1.29, 1.82) is 0 Å². The Kier molecular flexibility index (Phi) is 5.85. The van der Waals surface area contributed by atoms with Crippen LogP contribution in [0.5, 0.6) is 23.0 Å². The SMILES string of the molecule is O=C(Oc1ccc([N+](=O)[O-])cc1/C=N/NC(=O)c1ccccc1O)c1ccc2c(c1)OCO2. The zero-order chi connectivity index (χ0) is 23.4. The number of nitrogens with one attached hydrogen (secondary N) is 1. The van der Waals surface area contributed by atoms with E-state index in [-0.39, 0.29) is 40.7 Å². The normalized spacial score (nSPS) is 11.9. The van der Waals surface area contributed by atoms with Crippen molar-refractivity contribution >= 4 is 23.8 Å². The number of nitro groups is 1. The number of fused-ring (bicyclic) bond motifs is 1. The van der Waals surface area contributed by atoms with E-state index >= 15 is 0 Å². The van der Waals surface area contributed by atoms with Crippen LogP contribution < -0.4 is 19.6 Å². The zero-order valence-corrected chi connectivity index (χ0v) is 16.8. The van der Waals surface area contributed by atoms with Gasteiger partial charge < -0.3 is 19.3 Å². The van der Waals surface area contributed by atoms with Crippen molar-refractivity contribution in [2.24, 2.45) is 5.10 Å². The number of amides is 1. The Hall–Kier alpha value is -4.93. The summed E-state index contributed by atoms with van der Waals surface area (Å²) < 4.78 is 15.8. The molecule has 2 N–H and O–H groups in total. The molecule has 0 saturated carbocycles. The zero-order valence-electron chi connectivity index (χ0n) is 16.8. The van der Waals surface area contributed by atoms with Crippen molar-refractivity contribution in [2.75, 3.05) is 6.79 Å². The summed E-state index contributed by atoms with van der Waals surface area (Å²) in [6, 6.07) is 13.9. The van der Waals surface area contributed by atoms with Crippen LogP contribution >= 0.6 is 0 Å². The first kappa shape index (κ1) is 21.3. The van der Waals surface area contributed by atoms with Crippen LogP contribution in [0.2, 0.25) is 0 Å². The Morgan fingerprint density at radius 2 is 1.88 bits per heavy atom. The summed E-state index contributed by atoms with van der Waals surface area (Å²) in [5.74, 6) is -0.817. The summed E-state index contributed by atoms with van der Waals surface area (Å²) in [7, 11) is 0. The molecule has 0 bridgehead atoms. The molecule has 11 nitrogen and oxygen atoms in total. The minimum absolute atomic E-state index is 0.0110. The average Bonchev–Trinajstić information content (AvgIpc) is 3.28. The van der Waals surface area contributed by atoms with E-state index in [1.807, 2.05) is 0 Å². The maximum Gasteiger partial charge on any atom is 0.343 e. The van der Waals surface area contributed by atoms with Gasteiger partial charge in [-0.25, -0.2) is 10.2 Å². The Bertz CT molecular complexity index is 1290. The van der Waals surface area contributed by atoms with Crippen LogP contribution in [-0.2, 0) is 0 Å². The van der Waals surface area contributed by atoms with Crippen LogP contribution in [-0.4, -0.2) is 34.9 Å². The van der Waals surface area contributed by atoms with Crippen molar-refractivity contribution in [3.05, 3.63) is 87.5 Å². The molecule has 0 fully saturated rings. The molecule has 3 aromatic rings. The fourth-order valence-electron chi connectivity index (χ4n) is 2.91. The second-order valence-electron chi connectivity index (χ2n) is 6.65. The molecule has 1 heterocycles. The van der Waals surface area contributed by atoms with Gasteiger partial charge in [-0.3, -0.25) is 14.9 Å². The summed E-state index contributed by atoms with van der Waals surface area (Å²) in [5, 5.41) is 24.7. The van der Waals surface area contributed by atoms with Gasteiger partial charge in [0.1, 0.15) is 11.5 Å². The van der Waals surface area contributed by atoms with E-state index in [2.05, 4.69) is 10.5 Å². The molecular weight excluding hydrogens is 434 g/mol. The number of nitro benzene ring substituents is 1. The van der Waals surface area contributed by atoms with Gasteiger partial charge in [0.15, 0.2) is 11.5 Å². The van der Waals surface area contributed by atoms with E-state index in [9.17, 15) is 24.8 Å². The molecule has 0 radical (unpaired) electrons. The third kappa shape index (κ3) is 4.71. The number of ether oxygens (including phenoxy) is 3. The van der Waals surface area contributed by atoms with Gasteiger partial charge in [-0.15, -0.1) is 0 Å². The van der Waals surface area contributed by atoms with Gasteiger partial charge in [-0.2, -0.15) is 5.10 Å². The van der Waals surface area contributed by atoms with Crippen molar-refractivity contribution in [2.45, 2.75) is 0 Å². The summed E-state index contributed by atoms with van der Waals surface area (Å²) in [4.78, 5) is 35.3. The highest BCUT2D eigenvalue weighted by atomic mass is 16.7. The molecule has 0 aromatic heterocycles. The quantitative estimate of drug-likeness (QED) is 0.192. The predicted molar refractivity (Wildman–Crippen MR) is 114 cm³/mol. The molecule has 1 aliphatic rings. The largest absolute Gasteiger partial charge is 0.507 e. The summed E-state index contributed by atoms with van der Waals surface area (Å²) >= 11 is 0. The Morgan fingerprint density at radius 1 is 1.09 bits per heavy atom. The first-order valence-electron chi connectivity index (χ1n) is 9.44. The number of nitrogens with zero attached hydrogens (tertiary/aromatic N) is 2. The van der Waals surface area contributed by atoms with Crippen molar-refractivity contribution in [3.63, 3.8) is 0 Å². The number of phenols is 1. The standard InChI is InChI=1S/C22H15N3O8/c26-17-4-2-1-3-16(17)21(27)24-23-11-14-9-15(25(29)30)6-8-18(14)33-22(28)13-5-7-19-20(10-13)32-12-31-19/h1-11,26H,12H2,(H,24,27)/b23-11+. The molecule has 166 valence electrons. The van der Waals surface area contributed by atoms with E-state index in [4.69, 9.17) is 14.2 Å². The minimum atomic E-state index is -0.741. The number of rotatable bonds is 6. The molecule has 11 heteroatoms. The van der Waals surface area contributed by atoms with Crippen LogP contribution in [0.25, 0.3) is 0 Å². The fraction of sp³-hybridized carbons (Fsp3) is 0.0455. The number of benzene rings is 3. The highest BCUT2D eigenvalue weighted by Gasteiger charge is 2.19. The number of non-ortho nitro benzene ring substituents is 1. The van der Waals surface area contributed by atoms with Crippen molar-refractivity contribution in [1.82, 2.24) is 5.43 Å². The molecular formula is C22H15N3O8. The lowest BCUT2D eigenvalue weighted by molar-refractivity contribution is -0.384. The molecule has 0 atom stereocenters. The number of carbonyl (C=O) groups excluding carboxylic acids is 2. The second kappa shape index (κ2) is 9.06. The van der Waals surface area contributed by atoms with Gasteiger partial charge in [0.25, 0.3) is 11.6 Å². The first-order valence-corrected chi connectivity index (χ1v) is 9.44. The molecule has 0 spiro atoms. The third-order valence-corrected chi connectivity index (χ3v) is 4.53. The molecule has 4 rings (SSSR count). The van der Waals surface area contributed by atoms with Gasteiger partial charge >= 0.3 is 5.97 Å². The van der Waals surface area contributed by atoms with Crippen LogP contribution in [0.15, 0.2) is 65.8 Å². The van der Waals surface area contributed by atoms with Gasteiger partial charge in [0, 0.05) is 17.7 Å². The number of esters is 1. The van der Waals surface area contributed by atoms with Crippen LogP contribution in [0.3, 0.4) is 0 Å². The van der Waals surface area contributed by atoms with Gasteiger partial charge in [0.05, 0.1) is 22.3 Å². The highest BCUT2D eigenvalue weighted by molar-refractivity contribution is 5.98. The van der Waals surface area contributed by atoms with E-state index < -0.39 is 16.8 Å². The number of carbonyl (C=O) groups is 2. The Balaban J connectivity index is 1.55. The number of para-hydroxylation sites is 1. The monoisotopic (exact) mass is 449 g/mol. The van der Waals surface area contributed by atoms with E-state index in [0.717, 1.165) is 12.3 Å². The number of hydrazone groups is 1. The lowest BCUT2D eigenvalue weighted by Gasteiger charge is -2.08. The summed E-state index contributed by atoms with van der Waals surface area (Å²) in [5.41, 5.74) is 2.16.